The number of halogens is 2. The summed E-state index contributed by atoms with van der Waals surface area (Å²) in [6, 6.07) is 5.12. The minimum atomic E-state index is 0.331. The molecule has 0 aliphatic carbocycles. The topological polar surface area (TPSA) is 47.0 Å². The number of ether oxygens (including phenoxy) is 1. The summed E-state index contributed by atoms with van der Waals surface area (Å²) in [5.74, 6) is 1.40. The van der Waals surface area contributed by atoms with Crippen molar-refractivity contribution in [3.63, 3.8) is 0 Å². The maximum absolute atomic E-state index is 5.90. The molecule has 1 heterocycles. The molecular formula is C13H13Cl2N3O. The lowest BCUT2D eigenvalue weighted by molar-refractivity contribution is 0.301. The molecule has 2 aromatic rings. The van der Waals surface area contributed by atoms with Gasteiger partial charge < -0.3 is 10.1 Å². The Kier molecular flexibility index (Phi) is 4.82. The van der Waals surface area contributed by atoms with Gasteiger partial charge in [0.25, 0.3) is 0 Å². The largest absolute Gasteiger partial charge is 0.487 e. The molecule has 0 fully saturated rings. The van der Waals surface area contributed by atoms with Crippen LogP contribution < -0.4 is 10.1 Å². The zero-order valence-corrected chi connectivity index (χ0v) is 11.9. The smallest absolute Gasteiger partial charge is 0.144 e. The molecule has 0 aliphatic heterocycles. The van der Waals surface area contributed by atoms with Crippen molar-refractivity contribution in [2.24, 2.45) is 0 Å². The van der Waals surface area contributed by atoms with Gasteiger partial charge in [0, 0.05) is 12.6 Å². The summed E-state index contributed by atoms with van der Waals surface area (Å²) in [7, 11) is 0. The molecular weight excluding hydrogens is 285 g/mol. The molecule has 0 spiro atoms. The normalized spacial score (nSPS) is 10.3. The first kappa shape index (κ1) is 13.9. The third-order valence-electron chi connectivity index (χ3n) is 2.34. The van der Waals surface area contributed by atoms with E-state index in [0.717, 1.165) is 18.1 Å². The number of hydrogen-bond donors (Lipinski definition) is 1. The number of benzene rings is 1. The van der Waals surface area contributed by atoms with Crippen LogP contribution in [0.4, 0.5) is 5.82 Å². The maximum Gasteiger partial charge on any atom is 0.144 e. The van der Waals surface area contributed by atoms with Crippen molar-refractivity contribution >= 4 is 29.0 Å². The highest BCUT2D eigenvalue weighted by Crippen LogP contribution is 2.26. The summed E-state index contributed by atoms with van der Waals surface area (Å²) < 4.78 is 5.56. The predicted molar refractivity (Wildman–Crippen MR) is 77.0 cm³/mol. The lowest BCUT2D eigenvalue weighted by Gasteiger charge is -2.07. The van der Waals surface area contributed by atoms with Crippen molar-refractivity contribution in [3.05, 3.63) is 46.3 Å². The average Bonchev–Trinajstić information content (AvgIpc) is 2.42. The van der Waals surface area contributed by atoms with E-state index in [1.54, 1.807) is 30.6 Å². The third-order valence-corrected chi connectivity index (χ3v) is 3.08. The lowest BCUT2D eigenvalue weighted by atomic mass is 10.3. The van der Waals surface area contributed by atoms with Crippen LogP contribution in [0.3, 0.4) is 0 Å². The first-order valence-corrected chi connectivity index (χ1v) is 6.57. The van der Waals surface area contributed by atoms with Gasteiger partial charge in [-0.1, -0.05) is 23.2 Å². The lowest BCUT2D eigenvalue weighted by Crippen LogP contribution is -2.03. The number of rotatable bonds is 5. The number of aromatic nitrogens is 2. The molecule has 19 heavy (non-hydrogen) atoms. The van der Waals surface area contributed by atoms with Gasteiger partial charge >= 0.3 is 0 Å². The number of hydrogen-bond acceptors (Lipinski definition) is 4. The van der Waals surface area contributed by atoms with E-state index in [1.807, 2.05) is 6.92 Å². The minimum absolute atomic E-state index is 0.331. The Morgan fingerprint density at radius 1 is 1.16 bits per heavy atom. The van der Waals surface area contributed by atoms with Crippen LogP contribution in [0.1, 0.15) is 12.6 Å². The van der Waals surface area contributed by atoms with E-state index in [9.17, 15) is 0 Å². The van der Waals surface area contributed by atoms with Crippen molar-refractivity contribution in [2.45, 2.75) is 13.5 Å². The van der Waals surface area contributed by atoms with E-state index >= 15 is 0 Å². The fraction of sp³-hybridized carbons (Fsp3) is 0.231. The molecule has 4 nitrogen and oxygen atoms in total. The summed E-state index contributed by atoms with van der Waals surface area (Å²) in [6.45, 7) is 3.15. The van der Waals surface area contributed by atoms with Gasteiger partial charge in [0.2, 0.25) is 0 Å². The van der Waals surface area contributed by atoms with E-state index in [4.69, 9.17) is 27.9 Å². The van der Waals surface area contributed by atoms with Gasteiger partial charge in [0.05, 0.1) is 28.1 Å². The van der Waals surface area contributed by atoms with Crippen LogP contribution in [0.15, 0.2) is 30.6 Å². The van der Waals surface area contributed by atoms with Gasteiger partial charge in [-0.3, -0.25) is 4.98 Å². The first-order valence-electron chi connectivity index (χ1n) is 5.81. The first-order chi connectivity index (χ1) is 9.19. The van der Waals surface area contributed by atoms with Crippen molar-refractivity contribution < 1.29 is 4.74 Å². The molecule has 0 atom stereocenters. The molecule has 0 bridgehead atoms. The Balaban J connectivity index is 1.96. The van der Waals surface area contributed by atoms with Crippen LogP contribution in [0.5, 0.6) is 5.75 Å². The number of nitrogens with one attached hydrogen (secondary N) is 1. The van der Waals surface area contributed by atoms with E-state index in [2.05, 4.69) is 15.3 Å². The second-order valence-corrected chi connectivity index (χ2v) is 4.60. The summed E-state index contributed by atoms with van der Waals surface area (Å²) in [5.41, 5.74) is 0.743. The standard InChI is InChI=1S/C13H13Cl2N3O/c1-2-16-13-7-17-9(6-18-13)8-19-10-3-4-11(14)12(15)5-10/h3-7H,2,8H2,1H3,(H,16,18). The Bertz CT molecular complexity index is 546. The fourth-order valence-corrected chi connectivity index (χ4v) is 1.71. The van der Waals surface area contributed by atoms with Crippen LogP contribution in [0.25, 0.3) is 0 Å². The summed E-state index contributed by atoms with van der Waals surface area (Å²) in [5, 5.41) is 4.04. The molecule has 0 saturated heterocycles. The van der Waals surface area contributed by atoms with Gasteiger partial charge in [-0.15, -0.1) is 0 Å². The molecule has 0 aliphatic rings. The van der Waals surface area contributed by atoms with Crippen molar-refractivity contribution in [3.8, 4) is 5.75 Å². The molecule has 1 aromatic carbocycles. The average molecular weight is 298 g/mol. The van der Waals surface area contributed by atoms with Crippen molar-refractivity contribution in [2.75, 3.05) is 11.9 Å². The van der Waals surface area contributed by atoms with Gasteiger partial charge in [0.1, 0.15) is 18.2 Å². The SMILES string of the molecule is CCNc1cnc(COc2ccc(Cl)c(Cl)c2)cn1. The molecule has 0 amide bonds. The van der Waals surface area contributed by atoms with Crippen LogP contribution in [0.2, 0.25) is 10.0 Å². The third kappa shape index (κ3) is 3.98. The summed E-state index contributed by atoms with van der Waals surface area (Å²) >= 11 is 11.7. The van der Waals surface area contributed by atoms with E-state index in [1.165, 1.54) is 0 Å². The second-order valence-electron chi connectivity index (χ2n) is 3.79. The van der Waals surface area contributed by atoms with E-state index in [-0.39, 0.29) is 0 Å². The molecule has 0 unspecified atom stereocenters. The Morgan fingerprint density at radius 3 is 2.63 bits per heavy atom. The number of anilines is 1. The predicted octanol–water partition coefficient (Wildman–Crippen LogP) is 3.79. The zero-order chi connectivity index (χ0) is 13.7. The number of nitrogens with zero attached hydrogens (tertiary/aromatic N) is 2. The highest BCUT2D eigenvalue weighted by atomic mass is 35.5. The van der Waals surface area contributed by atoms with Crippen LogP contribution >= 0.6 is 23.2 Å². The zero-order valence-electron chi connectivity index (χ0n) is 10.4. The van der Waals surface area contributed by atoms with Crippen LogP contribution in [-0.2, 0) is 6.61 Å². The molecule has 1 N–H and O–H groups in total. The molecule has 0 radical (unpaired) electrons. The Labute approximate surface area is 121 Å². The Hall–Kier alpha value is -1.52. The second kappa shape index (κ2) is 6.59. The maximum atomic E-state index is 5.90. The summed E-state index contributed by atoms with van der Waals surface area (Å²) in [6.07, 6.45) is 3.35. The van der Waals surface area contributed by atoms with E-state index < -0.39 is 0 Å². The van der Waals surface area contributed by atoms with Crippen LogP contribution in [-0.4, -0.2) is 16.5 Å². The van der Waals surface area contributed by atoms with Crippen LogP contribution in [0, 0.1) is 0 Å². The minimum Gasteiger partial charge on any atom is -0.487 e. The molecule has 100 valence electrons. The quantitative estimate of drug-likeness (QED) is 0.912. The van der Waals surface area contributed by atoms with E-state index in [0.29, 0.717) is 22.4 Å². The Morgan fingerprint density at radius 2 is 2.00 bits per heavy atom. The highest BCUT2D eigenvalue weighted by molar-refractivity contribution is 6.42. The summed E-state index contributed by atoms with van der Waals surface area (Å²) in [4.78, 5) is 8.45. The highest BCUT2D eigenvalue weighted by Gasteiger charge is 2.02. The van der Waals surface area contributed by atoms with Gasteiger partial charge in [-0.05, 0) is 19.1 Å². The molecule has 6 heteroatoms. The molecule has 0 saturated carbocycles. The fourth-order valence-electron chi connectivity index (χ4n) is 1.43. The van der Waals surface area contributed by atoms with Gasteiger partial charge in [-0.25, -0.2) is 4.98 Å². The van der Waals surface area contributed by atoms with Crippen molar-refractivity contribution in [1.82, 2.24) is 9.97 Å². The van der Waals surface area contributed by atoms with Crippen molar-refractivity contribution in [1.29, 1.82) is 0 Å². The van der Waals surface area contributed by atoms with Gasteiger partial charge in [-0.2, -0.15) is 0 Å². The monoisotopic (exact) mass is 297 g/mol. The molecule has 2 rings (SSSR count). The molecule has 1 aromatic heterocycles. The van der Waals surface area contributed by atoms with Gasteiger partial charge in [0.15, 0.2) is 0 Å².